The third kappa shape index (κ3) is 5.35. The van der Waals surface area contributed by atoms with Gasteiger partial charge in [-0.2, -0.15) is 0 Å². The standard InChI is InChI=1S/C23H26N4O3S2/c1-15(2)20-13-30-22(26-20)9-10-24-14-25-23-27-19-8-7-17(12-21(19)31-23)16-5-4-6-18(11-16)32(3,28)29/h4-8,11-13,15,24H,9-10,14H2,1-3H3,(H,25,27). The Hall–Kier alpha value is -2.75. The third-order valence-electron chi connectivity index (χ3n) is 5.03. The average molecular weight is 471 g/mol. The van der Waals surface area contributed by atoms with Crippen LogP contribution in [-0.2, 0) is 16.3 Å². The highest BCUT2D eigenvalue weighted by Gasteiger charge is 2.10. The molecule has 0 spiro atoms. The largest absolute Gasteiger partial charge is 0.449 e. The summed E-state index contributed by atoms with van der Waals surface area (Å²) >= 11 is 1.57. The van der Waals surface area contributed by atoms with E-state index < -0.39 is 9.84 Å². The van der Waals surface area contributed by atoms with E-state index in [1.165, 1.54) is 6.26 Å². The molecule has 4 rings (SSSR count). The molecule has 0 aliphatic carbocycles. The van der Waals surface area contributed by atoms with Gasteiger partial charge in [0.05, 0.1) is 27.5 Å². The van der Waals surface area contributed by atoms with Crippen LogP contribution in [0.15, 0.2) is 58.0 Å². The lowest BCUT2D eigenvalue weighted by Crippen LogP contribution is -2.24. The number of nitrogens with zero attached hydrogens (tertiary/aromatic N) is 2. The topological polar surface area (TPSA) is 97.1 Å². The fourth-order valence-electron chi connectivity index (χ4n) is 3.21. The van der Waals surface area contributed by atoms with E-state index >= 15 is 0 Å². The smallest absolute Gasteiger partial charge is 0.195 e. The highest BCUT2D eigenvalue weighted by molar-refractivity contribution is 7.90. The number of sulfone groups is 1. The lowest BCUT2D eigenvalue weighted by Gasteiger charge is -2.04. The van der Waals surface area contributed by atoms with Gasteiger partial charge in [-0.25, -0.2) is 18.4 Å². The van der Waals surface area contributed by atoms with Crippen molar-refractivity contribution >= 4 is 36.5 Å². The molecule has 0 saturated carbocycles. The number of hydrogen-bond donors (Lipinski definition) is 2. The molecule has 0 bridgehead atoms. The Labute approximate surface area is 191 Å². The molecule has 0 unspecified atom stereocenters. The maximum Gasteiger partial charge on any atom is 0.195 e. The molecule has 32 heavy (non-hydrogen) atoms. The van der Waals surface area contributed by atoms with Gasteiger partial charge in [0, 0.05) is 19.2 Å². The average Bonchev–Trinajstić information content (AvgIpc) is 3.39. The summed E-state index contributed by atoms with van der Waals surface area (Å²) in [5, 5.41) is 7.45. The van der Waals surface area contributed by atoms with E-state index in [1.54, 1.807) is 35.8 Å². The van der Waals surface area contributed by atoms with Gasteiger partial charge < -0.3 is 9.73 Å². The molecular formula is C23H26N4O3S2. The second kappa shape index (κ2) is 9.40. The monoisotopic (exact) mass is 470 g/mol. The number of aromatic nitrogens is 2. The van der Waals surface area contributed by atoms with Crippen molar-refractivity contribution in [2.75, 3.05) is 24.8 Å². The fraction of sp³-hybridized carbons (Fsp3) is 0.304. The summed E-state index contributed by atoms with van der Waals surface area (Å²) in [7, 11) is -3.24. The summed E-state index contributed by atoms with van der Waals surface area (Å²) in [4.78, 5) is 9.42. The van der Waals surface area contributed by atoms with Gasteiger partial charge in [-0.05, 0) is 41.3 Å². The van der Waals surface area contributed by atoms with Crippen molar-refractivity contribution in [3.63, 3.8) is 0 Å². The lowest BCUT2D eigenvalue weighted by molar-refractivity contribution is 0.486. The molecule has 0 fully saturated rings. The van der Waals surface area contributed by atoms with Crippen LogP contribution in [0.1, 0.15) is 31.4 Å². The lowest BCUT2D eigenvalue weighted by atomic mass is 10.1. The first-order valence-corrected chi connectivity index (χ1v) is 13.1. The van der Waals surface area contributed by atoms with E-state index in [4.69, 9.17) is 4.42 Å². The van der Waals surface area contributed by atoms with Gasteiger partial charge in [0.25, 0.3) is 0 Å². The Morgan fingerprint density at radius 3 is 2.66 bits per heavy atom. The first-order valence-electron chi connectivity index (χ1n) is 10.4. The molecule has 168 valence electrons. The molecule has 7 nitrogen and oxygen atoms in total. The number of oxazole rings is 1. The maximum atomic E-state index is 11.9. The number of anilines is 1. The molecule has 0 radical (unpaired) electrons. The van der Waals surface area contributed by atoms with Crippen LogP contribution < -0.4 is 10.6 Å². The second-order valence-corrected chi connectivity index (χ2v) is 11.0. The van der Waals surface area contributed by atoms with Gasteiger partial charge in [0.15, 0.2) is 20.9 Å². The van der Waals surface area contributed by atoms with Gasteiger partial charge in [-0.1, -0.05) is 43.4 Å². The van der Waals surface area contributed by atoms with E-state index in [0.717, 1.165) is 51.0 Å². The maximum absolute atomic E-state index is 11.9. The van der Waals surface area contributed by atoms with Crippen molar-refractivity contribution in [3.05, 3.63) is 60.3 Å². The van der Waals surface area contributed by atoms with E-state index in [0.29, 0.717) is 17.5 Å². The quantitative estimate of drug-likeness (QED) is 0.271. The van der Waals surface area contributed by atoms with Crippen LogP contribution in [0.3, 0.4) is 0 Å². The SMILES string of the molecule is CC(C)c1coc(CCNCNc2nc3ccc(-c4cccc(S(C)(=O)=O)c4)cc3s2)n1. The van der Waals surface area contributed by atoms with Crippen LogP contribution in [0.4, 0.5) is 5.13 Å². The molecule has 2 heterocycles. The summed E-state index contributed by atoms with van der Waals surface area (Å²) in [6, 6.07) is 13.0. The zero-order chi connectivity index (χ0) is 22.7. The predicted octanol–water partition coefficient (Wildman–Crippen LogP) is 4.68. The number of thiazole rings is 1. The Morgan fingerprint density at radius 2 is 1.91 bits per heavy atom. The van der Waals surface area contributed by atoms with Crippen LogP contribution in [0.5, 0.6) is 0 Å². The molecule has 0 amide bonds. The molecule has 0 saturated heterocycles. The Bertz CT molecular complexity index is 1330. The normalized spacial score (nSPS) is 12.0. The van der Waals surface area contributed by atoms with Crippen molar-refractivity contribution in [1.82, 2.24) is 15.3 Å². The van der Waals surface area contributed by atoms with Crippen LogP contribution in [0.25, 0.3) is 21.3 Å². The summed E-state index contributed by atoms with van der Waals surface area (Å²) in [5.41, 5.74) is 3.71. The van der Waals surface area contributed by atoms with Crippen molar-refractivity contribution < 1.29 is 12.8 Å². The Kier molecular flexibility index (Phi) is 6.59. The van der Waals surface area contributed by atoms with Gasteiger partial charge >= 0.3 is 0 Å². The summed E-state index contributed by atoms with van der Waals surface area (Å²) in [6.07, 6.45) is 3.67. The van der Waals surface area contributed by atoms with E-state index in [2.05, 4.69) is 34.4 Å². The third-order valence-corrected chi connectivity index (χ3v) is 7.11. The second-order valence-electron chi connectivity index (χ2n) is 7.93. The zero-order valence-corrected chi connectivity index (χ0v) is 19.9. The van der Waals surface area contributed by atoms with Crippen LogP contribution in [0.2, 0.25) is 0 Å². The number of hydrogen-bond acceptors (Lipinski definition) is 8. The molecule has 2 aromatic heterocycles. The molecule has 0 aliphatic rings. The van der Waals surface area contributed by atoms with Gasteiger partial charge in [0.1, 0.15) is 6.26 Å². The first kappa shape index (κ1) is 22.4. The van der Waals surface area contributed by atoms with E-state index in [1.807, 2.05) is 24.3 Å². The zero-order valence-electron chi connectivity index (χ0n) is 18.3. The minimum absolute atomic E-state index is 0.318. The minimum Gasteiger partial charge on any atom is -0.449 e. The van der Waals surface area contributed by atoms with E-state index in [-0.39, 0.29) is 0 Å². The van der Waals surface area contributed by atoms with Crippen molar-refractivity contribution in [2.45, 2.75) is 31.1 Å². The van der Waals surface area contributed by atoms with E-state index in [9.17, 15) is 8.42 Å². The molecule has 0 atom stereocenters. The number of nitrogens with one attached hydrogen (secondary N) is 2. The fourth-order valence-corrected chi connectivity index (χ4v) is 4.78. The van der Waals surface area contributed by atoms with Gasteiger partial charge in [-0.15, -0.1) is 0 Å². The van der Waals surface area contributed by atoms with Crippen molar-refractivity contribution in [1.29, 1.82) is 0 Å². The Morgan fingerprint density at radius 1 is 1.09 bits per heavy atom. The molecule has 2 aromatic carbocycles. The minimum atomic E-state index is -3.24. The molecule has 4 aromatic rings. The molecule has 9 heteroatoms. The Balaban J connectivity index is 1.36. The highest BCUT2D eigenvalue weighted by Crippen LogP contribution is 2.31. The number of fused-ring (bicyclic) bond motifs is 1. The molecular weight excluding hydrogens is 444 g/mol. The first-order chi connectivity index (χ1) is 15.3. The van der Waals surface area contributed by atoms with Gasteiger partial charge in [-0.3, -0.25) is 5.32 Å². The summed E-state index contributed by atoms with van der Waals surface area (Å²) in [6.45, 7) is 5.52. The predicted molar refractivity (Wildman–Crippen MR) is 129 cm³/mol. The summed E-state index contributed by atoms with van der Waals surface area (Å²) in [5.74, 6) is 1.11. The van der Waals surface area contributed by atoms with Crippen molar-refractivity contribution in [3.8, 4) is 11.1 Å². The number of rotatable bonds is 9. The van der Waals surface area contributed by atoms with Crippen molar-refractivity contribution in [2.24, 2.45) is 0 Å². The molecule has 2 N–H and O–H groups in total. The van der Waals surface area contributed by atoms with Gasteiger partial charge in [0.2, 0.25) is 0 Å². The summed E-state index contributed by atoms with van der Waals surface area (Å²) < 4.78 is 30.2. The number of benzene rings is 2. The van der Waals surface area contributed by atoms with Crippen LogP contribution in [0, 0.1) is 0 Å². The van der Waals surface area contributed by atoms with Crippen LogP contribution >= 0.6 is 11.3 Å². The highest BCUT2D eigenvalue weighted by atomic mass is 32.2. The van der Waals surface area contributed by atoms with Crippen LogP contribution in [-0.4, -0.2) is 37.9 Å². The molecule has 0 aliphatic heterocycles.